The maximum Gasteiger partial charge on any atom is 0.211 e. The number of sulfonamides is 1. The Morgan fingerprint density at radius 1 is 1.41 bits per heavy atom. The molecule has 1 aliphatic rings. The lowest BCUT2D eigenvalue weighted by atomic mass is 9.90. The van der Waals surface area contributed by atoms with Gasteiger partial charge in [0.25, 0.3) is 0 Å². The van der Waals surface area contributed by atoms with Gasteiger partial charge >= 0.3 is 0 Å². The third kappa shape index (κ3) is 4.06. The monoisotopic (exact) mass is 328 g/mol. The van der Waals surface area contributed by atoms with Gasteiger partial charge in [-0.25, -0.2) is 17.1 Å². The molecule has 2 rings (SSSR count). The lowest BCUT2D eigenvalue weighted by Gasteiger charge is -2.38. The Kier molecular flexibility index (Phi) is 5.58. The van der Waals surface area contributed by atoms with E-state index in [1.54, 1.807) is 16.4 Å². The molecule has 1 aromatic rings. The molecule has 0 saturated carbocycles. The van der Waals surface area contributed by atoms with Crippen molar-refractivity contribution in [3.8, 4) is 0 Å². The molecule has 1 heterocycles. The molecule has 1 fully saturated rings. The van der Waals surface area contributed by atoms with E-state index in [0.717, 1.165) is 12.8 Å². The molecule has 0 aliphatic carbocycles. The first-order chi connectivity index (χ1) is 10.3. The molecular formula is C16H25FN2O2S. The van der Waals surface area contributed by atoms with Gasteiger partial charge in [-0.3, -0.25) is 0 Å². The molecule has 124 valence electrons. The standard InChI is InChI=1S/C16H25FN2O2S/c1-4-13-11-19(22(3,20)21)10-9-16(13)18-12(2)14-7-5-6-8-15(14)17/h5-8,12-13,16,18H,4,9-11H2,1-3H3/t12-,13-,16-/m1/s1. The highest BCUT2D eigenvalue weighted by atomic mass is 32.2. The van der Waals surface area contributed by atoms with Crippen molar-refractivity contribution in [3.63, 3.8) is 0 Å². The van der Waals surface area contributed by atoms with Crippen molar-refractivity contribution in [3.05, 3.63) is 35.6 Å². The van der Waals surface area contributed by atoms with Crippen molar-refractivity contribution in [1.29, 1.82) is 0 Å². The summed E-state index contributed by atoms with van der Waals surface area (Å²) in [6.07, 6.45) is 2.91. The van der Waals surface area contributed by atoms with Crippen LogP contribution in [0.15, 0.2) is 24.3 Å². The van der Waals surface area contributed by atoms with Crippen LogP contribution in [0.2, 0.25) is 0 Å². The Hall–Kier alpha value is -0.980. The Bertz CT molecular complexity index is 606. The summed E-state index contributed by atoms with van der Waals surface area (Å²) in [7, 11) is -3.13. The van der Waals surface area contributed by atoms with Crippen LogP contribution in [0.25, 0.3) is 0 Å². The highest BCUT2D eigenvalue weighted by Gasteiger charge is 2.32. The van der Waals surface area contributed by atoms with Gasteiger partial charge in [0, 0.05) is 30.7 Å². The number of halogens is 1. The molecule has 0 unspecified atom stereocenters. The summed E-state index contributed by atoms with van der Waals surface area (Å²) in [5.74, 6) is 0.0434. The maximum absolute atomic E-state index is 13.9. The second-order valence-electron chi connectivity index (χ2n) is 6.09. The summed E-state index contributed by atoms with van der Waals surface area (Å²) in [4.78, 5) is 0. The second-order valence-corrected chi connectivity index (χ2v) is 8.08. The van der Waals surface area contributed by atoms with Crippen LogP contribution in [-0.2, 0) is 10.0 Å². The van der Waals surface area contributed by atoms with Crippen molar-refractivity contribution >= 4 is 10.0 Å². The van der Waals surface area contributed by atoms with E-state index in [9.17, 15) is 12.8 Å². The van der Waals surface area contributed by atoms with E-state index in [1.807, 2.05) is 13.0 Å². The first-order valence-electron chi connectivity index (χ1n) is 7.78. The van der Waals surface area contributed by atoms with Crippen molar-refractivity contribution in [1.82, 2.24) is 9.62 Å². The van der Waals surface area contributed by atoms with Gasteiger partial charge in [0.1, 0.15) is 5.82 Å². The van der Waals surface area contributed by atoms with Gasteiger partial charge in [-0.05, 0) is 25.3 Å². The molecule has 1 aliphatic heterocycles. The van der Waals surface area contributed by atoms with E-state index in [4.69, 9.17) is 0 Å². The number of benzene rings is 1. The zero-order chi connectivity index (χ0) is 16.3. The van der Waals surface area contributed by atoms with Gasteiger partial charge in [0.05, 0.1) is 6.26 Å². The number of hydrogen-bond acceptors (Lipinski definition) is 3. The van der Waals surface area contributed by atoms with E-state index in [1.165, 1.54) is 12.3 Å². The topological polar surface area (TPSA) is 49.4 Å². The molecule has 0 spiro atoms. The summed E-state index contributed by atoms with van der Waals surface area (Å²) < 4.78 is 38.8. The smallest absolute Gasteiger partial charge is 0.211 e. The molecule has 0 radical (unpaired) electrons. The average Bonchev–Trinajstić information content (AvgIpc) is 2.46. The van der Waals surface area contributed by atoms with Crippen molar-refractivity contribution < 1.29 is 12.8 Å². The number of nitrogens with zero attached hydrogens (tertiary/aromatic N) is 1. The summed E-state index contributed by atoms with van der Waals surface area (Å²) in [5.41, 5.74) is 0.655. The first kappa shape index (κ1) is 17.4. The molecule has 1 N–H and O–H groups in total. The number of nitrogens with one attached hydrogen (secondary N) is 1. The lowest BCUT2D eigenvalue weighted by molar-refractivity contribution is 0.192. The Balaban J connectivity index is 2.05. The number of piperidine rings is 1. The van der Waals surface area contributed by atoms with E-state index < -0.39 is 10.0 Å². The van der Waals surface area contributed by atoms with E-state index in [2.05, 4.69) is 12.2 Å². The SMILES string of the molecule is CC[C@@H]1CN(S(C)(=O)=O)CC[C@H]1N[C@H](C)c1ccccc1F. The molecular weight excluding hydrogens is 303 g/mol. The van der Waals surface area contributed by atoms with Crippen LogP contribution in [0.1, 0.15) is 38.3 Å². The highest BCUT2D eigenvalue weighted by Crippen LogP contribution is 2.25. The minimum Gasteiger partial charge on any atom is -0.307 e. The van der Waals surface area contributed by atoms with Crippen LogP contribution < -0.4 is 5.32 Å². The molecule has 4 nitrogen and oxygen atoms in total. The number of rotatable bonds is 5. The Labute approximate surface area is 132 Å². The fraction of sp³-hybridized carbons (Fsp3) is 0.625. The molecule has 0 bridgehead atoms. The third-order valence-electron chi connectivity index (χ3n) is 4.53. The van der Waals surface area contributed by atoms with Gasteiger partial charge in [-0.1, -0.05) is 31.5 Å². The fourth-order valence-electron chi connectivity index (χ4n) is 3.17. The first-order valence-corrected chi connectivity index (χ1v) is 9.63. The predicted molar refractivity (Wildman–Crippen MR) is 86.6 cm³/mol. The summed E-state index contributed by atoms with van der Waals surface area (Å²) in [5, 5.41) is 3.49. The molecule has 6 heteroatoms. The summed E-state index contributed by atoms with van der Waals surface area (Å²) in [6.45, 7) is 5.08. The largest absolute Gasteiger partial charge is 0.307 e. The minimum atomic E-state index is -3.13. The molecule has 1 aromatic carbocycles. The molecule has 0 aromatic heterocycles. The average molecular weight is 328 g/mol. The van der Waals surface area contributed by atoms with Gasteiger partial charge < -0.3 is 5.32 Å². The predicted octanol–water partition coefficient (Wildman–Crippen LogP) is 2.54. The van der Waals surface area contributed by atoms with Gasteiger partial charge in [0.2, 0.25) is 10.0 Å². The summed E-state index contributed by atoms with van der Waals surface area (Å²) >= 11 is 0. The third-order valence-corrected chi connectivity index (χ3v) is 5.80. The van der Waals surface area contributed by atoms with Crippen molar-refractivity contribution in [2.24, 2.45) is 5.92 Å². The van der Waals surface area contributed by atoms with Crippen LogP contribution in [0.4, 0.5) is 4.39 Å². The normalized spacial score (nSPS) is 25.1. The Morgan fingerprint density at radius 2 is 2.09 bits per heavy atom. The number of hydrogen-bond donors (Lipinski definition) is 1. The fourth-order valence-corrected chi connectivity index (χ4v) is 4.07. The molecule has 22 heavy (non-hydrogen) atoms. The minimum absolute atomic E-state index is 0.0926. The van der Waals surface area contributed by atoms with Gasteiger partial charge in [-0.2, -0.15) is 0 Å². The second kappa shape index (κ2) is 7.06. The van der Waals surface area contributed by atoms with Crippen molar-refractivity contribution in [2.75, 3.05) is 19.3 Å². The summed E-state index contributed by atoms with van der Waals surface area (Å²) in [6, 6.07) is 6.89. The quantitative estimate of drug-likeness (QED) is 0.904. The van der Waals surface area contributed by atoms with Crippen LogP contribution in [0.3, 0.4) is 0 Å². The zero-order valence-corrected chi connectivity index (χ0v) is 14.2. The Morgan fingerprint density at radius 3 is 2.68 bits per heavy atom. The van der Waals surface area contributed by atoms with Crippen LogP contribution >= 0.6 is 0 Å². The molecule has 3 atom stereocenters. The highest BCUT2D eigenvalue weighted by molar-refractivity contribution is 7.88. The van der Waals surface area contributed by atoms with Crippen LogP contribution in [-0.4, -0.2) is 38.1 Å². The van der Waals surface area contributed by atoms with Crippen LogP contribution in [0.5, 0.6) is 0 Å². The van der Waals surface area contributed by atoms with E-state index in [-0.39, 0.29) is 23.8 Å². The maximum atomic E-state index is 13.9. The molecule has 1 saturated heterocycles. The van der Waals surface area contributed by atoms with Crippen LogP contribution in [0, 0.1) is 11.7 Å². The van der Waals surface area contributed by atoms with Gasteiger partial charge in [0.15, 0.2) is 0 Å². The van der Waals surface area contributed by atoms with E-state index in [0.29, 0.717) is 18.7 Å². The van der Waals surface area contributed by atoms with E-state index >= 15 is 0 Å². The molecule has 0 amide bonds. The zero-order valence-electron chi connectivity index (χ0n) is 13.4. The lowest BCUT2D eigenvalue weighted by Crippen LogP contribution is -2.51. The van der Waals surface area contributed by atoms with Crippen molar-refractivity contribution in [2.45, 2.75) is 38.8 Å². The van der Waals surface area contributed by atoms with Gasteiger partial charge in [-0.15, -0.1) is 0 Å².